The molecule has 0 saturated heterocycles. The van der Waals surface area contributed by atoms with Crippen molar-refractivity contribution in [2.45, 2.75) is 32.3 Å². The van der Waals surface area contributed by atoms with Gasteiger partial charge in [0.05, 0.1) is 12.0 Å². The number of carbonyl (C=O) groups excluding carboxylic acids is 2. The summed E-state index contributed by atoms with van der Waals surface area (Å²) >= 11 is 0. The topological polar surface area (TPSA) is 55.4 Å². The first-order valence-electron chi connectivity index (χ1n) is 5.64. The highest BCUT2D eigenvalue weighted by molar-refractivity contribution is 6.01. The van der Waals surface area contributed by atoms with Gasteiger partial charge in [0.25, 0.3) is 0 Å². The van der Waals surface area contributed by atoms with Crippen LogP contribution in [0.3, 0.4) is 0 Å². The number of carbonyl (C=O) groups is 2. The molecule has 0 aliphatic carbocycles. The number of Topliss-reactive ketones (excluding diaryl/α,β-unsaturated/α-hetero) is 1. The highest BCUT2D eigenvalue weighted by atomic mass is 16.5. The van der Waals surface area contributed by atoms with Crippen LogP contribution in [0.1, 0.15) is 37.0 Å². The van der Waals surface area contributed by atoms with Gasteiger partial charge in [0, 0.05) is 5.69 Å². The van der Waals surface area contributed by atoms with Gasteiger partial charge in [-0.1, -0.05) is 6.92 Å². The predicted molar refractivity (Wildman–Crippen MR) is 64.4 cm³/mol. The van der Waals surface area contributed by atoms with Crippen LogP contribution in [0.15, 0.2) is 18.2 Å². The van der Waals surface area contributed by atoms with Crippen molar-refractivity contribution in [3.8, 4) is 5.75 Å². The van der Waals surface area contributed by atoms with Gasteiger partial charge in [-0.15, -0.1) is 0 Å². The fourth-order valence-electron chi connectivity index (χ4n) is 1.93. The third kappa shape index (κ3) is 2.16. The molecule has 1 unspecified atom stereocenters. The van der Waals surface area contributed by atoms with E-state index in [0.29, 0.717) is 29.8 Å². The van der Waals surface area contributed by atoms with E-state index in [1.807, 2.05) is 13.8 Å². The van der Waals surface area contributed by atoms with Gasteiger partial charge in [-0.2, -0.15) is 0 Å². The van der Waals surface area contributed by atoms with Crippen molar-refractivity contribution in [2.75, 3.05) is 5.32 Å². The molecule has 4 nitrogen and oxygen atoms in total. The quantitative estimate of drug-likeness (QED) is 0.815. The molecule has 0 radical (unpaired) electrons. The zero-order valence-electron chi connectivity index (χ0n) is 9.95. The number of fused-ring (bicyclic) bond motifs is 1. The highest BCUT2D eigenvalue weighted by Crippen LogP contribution is 2.36. The molecule has 1 aromatic rings. The van der Waals surface area contributed by atoms with Gasteiger partial charge in [0.2, 0.25) is 6.41 Å². The van der Waals surface area contributed by atoms with Crippen LogP contribution in [0.2, 0.25) is 0 Å². The van der Waals surface area contributed by atoms with Gasteiger partial charge < -0.3 is 10.1 Å². The molecular formula is C13H15NO3. The van der Waals surface area contributed by atoms with E-state index in [1.54, 1.807) is 18.2 Å². The molecule has 1 heterocycles. The molecule has 1 amide bonds. The minimum absolute atomic E-state index is 0.0603. The first-order chi connectivity index (χ1) is 8.08. The smallest absolute Gasteiger partial charge is 0.211 e. The Morgan fingerprint density at radius 3 is 2.94 bits per heavy atom. The second kappa shape index (κ2) is 4.20. The van der Waals surface area contributed by atoms with E-state index in [1.165, 1.54) is 0 Å². The SMILES string of the molecule is CCC1(C)CC(=O)c2cc(NC=O)ccc2O1. The molecule has 1 aromatic carbocycles. The lowest BCUT2D eigenvalue weighted by molar-refractivity contribution is -0.105. The summed E-state index contributed by atoms with van der Waals surface area (Å²) in [7, 11) is 0. The van der Waals surface area contributed by atoms with Gasteiger partial charge >= 0.3 is 0 Å². The Labute approximate surface area is 100.0 Å². The maximum atomic E-state index is 12.0. The number of anilines is 1. The Kier molecular flexibility index (Phi) is 2.88. The number of nitrogens with one attached hydrogen (secondary N) is 1. The second-order valence-corrected chi connectivity index (χ2v) is 4.48. The van der Waals surface area contributed by atoms with E-state index in [9.17, 15) is 9.59 Å². The van der Waals surface area contributed by atoms with Crippen LogP contribution in [0.5, 0.6) is 5.75 Å². The summed E-state index contributed by atoms with van der Waals surface area (Å²) in [4.78, 5) is 22.4. The Hall–Kier alpha value is -1.84. The van der Waals surface area contributed by atoms with E-state index in [2.05, 4.69) is 5.32 Å². The monoisotopic (exact) mass is 233 g/mol. The van der Waals surface area contributed by atoms with Crippen LogP contribution in [0.4, 0.5) is 5.69 Å². The van der Waals surface area contributed by atoms with Crippen molar-refractivity contribution in [1.82, 2.24) is 0 Å². The molecule has 0 bridgehead atoms. The number of ether oxygens (including phenoxy) is 1. The van der Waals surface area contributed by atoms with Gasteiger partial charge in [0.1, 0.15) is 11.4 Å². The lowest BCUT2D eigenvalue weighted by Gasteiger charge is -2.34. The normalized spacial score (nSPS) is 22.6. The minimum atomic E-state index is -0.413. The average molecular weight is 233 g/mol. The standard InChI is InChI=1S/C13H15NO3/c1-3-13(2)7-11(16)10-6-9(14-8-15)4-5-12(10)17-13/h4-6,8H,3,7H2,1-2H3,(H,14,15). The van der Waals surface area contributed by atoms with Crippen LogP contribution in [-0.2, 0) is 4.79 Å². The summed E-state index contributed by atoms with van der Waals surface area (Å²) in [5, 5.41) is 2.52. The molecule has 0 spiro atoms. The number of hydrogen-bond acceptors (Lipinski definition) is 3. The minimum Gasteiger partial charge on any atom is -0.486 e. The van der Waals surface area contributed by atoms with Gasteiger partial charge in [-0.3, -0.25) is 9.59 Å². The molecule has 1 aliphatic heterocycles. The Morgan fingerprint density at radius 1 is 1.53 bits per heavy atom. The van der Waals surface area contributed by atoms with E-state index in [0.717, 1.165) is 6.42 Å². The van der Waals surface area contributed by atoms with Crippen LogP contribution < -0.4 is 10.1 Å². The number of benzene rings is 1. The first kappa shape index (κ1) is 11.6. The molecule has 17 heavy (non-hydrogen) atoms. The zero-order chi connectivity index (χ0) is 12.5. The van der Waals surface area contributed by atoms with Crippen molar-refractivity contribution in [2.24, 2.45) is 0 Å². The van der Waals surface area contributed by atoms with Crippen molar-refractivity contribution in [3.05, 3.63) is 23.8 Å². The van der Waals surface area contributed by atoms with Gasteiger partial charge in [0.15, 0.2) is 5.78 Å². The van der Waals surface area contributed by atoms with Crippen molar-refractivity contribution >= 4 is 17.9 Å². The molecule has 90 valence electrons. The van der Waals surface area contributed by atoms with Crippen LogP contribution in [0, 0.1) is 0 Å². The van der Waals surface area contributed by atoms with E-state index < -0.39 is 5.60 Å². The van der Waals surface area contributed by atoms with E-state index >= 15 is 0 Å². The van der Waals surface area contributed by atoms with Crippen molar-refractivity contribution < 1.29 is 14.3 Å². The first-order valence-corrected chi connectivity index (χ1v) is 5.64. The summed E-state index contributed by atoms with van der Waals surface area (Å²) in [5.41, 5.74) is 0.738. The van der Waals surface area contributed by atoms with Crippen LogP contribution in [-0.4, -0.2) is 17.8 Å². The number of ketones is 1. The summed E-state index contributed by atoms with van der Waals surface area (Å²) < 4.78 is 5.84. The van der Waals surface area contributed by atoms with Crippen LogP contribution >= 0.6 is 0 Å². The van der Waals surface area contributed by atoms with Crippen molar-refractivity contribution in [1.29, 1.82) is 0 Å². The average Bonchev–Trinajstić information content (AvgIpc) is 2.30. The fourth-order valence-corrected chi connectivity index (χ4v) is 1.93. The number of amides is 1. The molecule has 0 saturated carbocycles. The van der Waals surface area contributed by atoms with E-state index in [-0.39, 0.29) is 5.78 Å². The summed E-state index contributed by atoms with van der Waals surface area (Å²) in [6.45, 7) is 3.94. The molecule has 1 N–H and O–H groups in total. The molecule has 0 aromatic heterocycles. The van der Waals surface area contributed by atoms with Gasteiger partial charge in [-0.05, 0) is 31.5 Å². The maximum absolute atomic E-state index is 12.0. The fraction of sp³-hybridized carbons (Fsp3) is 0.385. The molecule has 4 heteroatoms. The molecule has 0 fully saturated rings. The summed E-state index contributed by atoms with van der Waals surface area (Å²) in [6, 6.07) is 5.11. The Bertz CT molecular complexity index is 470. The highest BCUT2D eigenvalue weighted by Gasteiger charge is 2.34. The third-order valence-corrected chi connectivity index (χ3v) is 3.14. The second-order valence-electron chi connectivity index (χ2n) is 4.48. The Morgan fingerprint density at radius 2 is 2.29 bits per heavy atom. The zero-order valence-corrected chi connectivity index (χ0v) is 9.95. The molecule has 1 atom stereocenters. The number of rotatable bonds is 3. The Balaban J connectivity index is 2.38. The lowest BCUT2D eigenvalue weighted by Crippen LogP contribution is -2.38. The number of hydrogen-bond donors (Lipinski definition) is 1. The molecular weight excluding hydrogens is 218 g/mol. The largest absolute Gasteiger partial charge is 0.486 e. The molecule has 2 rings (SSSR count). The third-order valence-electron chi connectivity index (χ3n) is 3.14. The molecule has 1 aliphatic rings. The predicted octanol–water partition coefficient (Wildman–Crippen LogP) is 2.39. The maximum Gasteiger partial charge on any atom is 0.211 e. The van der Waals surface area contributed by atoms with Crippen molar-refractivity contribution in [3.63, 3.8) is 0 Å². The lowest BCUT2D eigenvalue weighted by atomic mass is 9.89. The van der Waals surface area contributed by atoms with E-state index in [4.69, 9.17) is 4.74 Å². The summed E-state index contributed by atoms with van der Waals surface area (Å²) in [5.74, 6) is 0.659. The van der Waals surface area contributed by atoms with Crippen LogP contribution in [0.25, 0.3) is 0 Å². The van der Waals surface area contributed by atoms with Gasteiger partial charge in [-0.25, -0.2) is 0 Å². The summed E-state index contributed by atoms with van der Waals surface area (Å²) in [6.07, 6.45) is 1.75.